The quantitative estimate of drug-likeness (QED) is 0.863. The SMILES string of the molecule is CC(=O)SC1CC(=O)N(CCc2ccn[nH]2)C1. The molecule has 1 atom stereocenters. The third-order valence-electron chi connectivity index (χ3n) is 2.72. The van der Waals surface area contributed by atoms with Crippen LogP contribution < -0.4 is 0 Å². The molecule has 5 nitrogen and oxygen atoms in total. The summed E-state index contributed by atoms with van der Waals surface area (Å²) in [6, 6.07) is 1.91. The molecule has 0 radical (unpaired) electrons. The third-order valence-corrected chi connectivity index (χ3v) is 3.70. The van der Waals surface area contributed by atoms with E-state index in [-0.39, 0.29) is 16.3 Å². The van der Waals surface area contributed by atoms with Crippen LogP contribution in [0.4, 0.5) is 0 Å². The van der Waals surface area contributed by atoms with Crippen molar-refractivity contribution in [2.45, 2.75) is 25.0 Å². The van der Waals surface area contributed by atoms with Crippen molar-refractivity contribution in [2.75, 3.05) is 13.1 Å². The van der Waals surface area contributed by atoms with Crippen LogP contribution in [0.15, 0.2) is 12.3 Å². The number of H-pyrrole nitrogens is 1. The monoisotopic (exact) mass is 253 g/mol. The molecule has 0 bridgehead atoms. The normalized spacial score (nSPS) is 19.9. The molecule has 1 aliphatic rings. The molecule has 92 valence electrons. The summed E-state index contributed by atoms with van der Waals surface area (Å²) in [6.07, 6.45) is 2.96. The van der Waals surface area contributed by atoms with E-state index in [4.69, 9.17) is 0 Å². The minimum atomic E-state index is 0.0817. The number of nitrogens with one attached hydrogen (secondary N) is 1. The van der Waals surface area contributed by atoms with E-state index in [1.165, 1.54) is 11.8 Å². The highest BCUT2D eigenvalue weighted by molar-refractivity contribution is 8.14. The van der Waals surface area contributed by atoms with E-state index in [9.17, 15) is 9.59 Å². The second-order valence-electron chi connectivity index (χ2n) is 4.11. The van der Waals surface area contributed by atoms with Gasteiger partial charge in [0.1, 0.15) is 0 Å². The molecular weight excluding hydrogens is 238 g/mol. The number of carbonyl (C=O) groups is 2. The van der Waals surface area contributed by atoms with Crippen LogP contribution >= 0.6 is 11.8 Å². The Labute approximate surface area is 104 Å². The van der Waals surface area contributed by atoms with Crippen LogP contribution in [0.5, 0.6) is 0 Å². The molecular formula is C11H15N3O2S. The highest BCUT2D eigenvalue weighted by atomic mass is 32.2. The Morgan fingerprint density at radius 1 is 1.71 bits per heavy atom. The average molecular weight is 253 g/mol. The average Bonchev–Trinajstić information content (AvgIpc) is 2.84. The number of aromatic nitrogens is 2. The first-order chi connectivity index (χ1) is 8.15. The van der Waals surface area contributed by atoms with Crippen LogP contribution in [-0.4, -0.2) is 44.5 Å². The first-order valence-electron chi connectivity index (χ1n) is 5.58. The van der Waals surface area contributed by atoms with Gasteiger partial charge in [0, 0.05) is 50.0 Å². The standard InChI is InChI=1S/C11H15N3O2S/c1-8(15)17-10-6-11(16)14(7-10)5-3-9-2-4-12-13-9/h2,4,10H,3,5-7H2,1H3,(H,12,13). The molecule has 0 spiro atoms. The van der Waals surface area contributed by atoms with Crippen molar-refractivity contribution in [2.24, 2.45) is 0 Å². The number of rotatable bonds is 4. The molecule has 0 aromatic carbocycles. The summed E-state index contributed by atoms with van der Waals surface area (Å²) in [5.41, 5.74) is 1.03. The van der Waals surface area contributed by atoms with E-state index in [1.807, 2.05) is 11.0 Å². The topological polar surface area (TPSA) is 66.1 Å². The fraction of sp³-hybridized carbons (Fsp3) is 0.545. The summed E-state index contributed by atoms with van der Waals surface area (Å²) in [5, 5.41) is 6.94. The van der Waals surface area contributed by atoms with Gasteiger partial charge in [0.05, 0.1) is 0 Å². The number of hydrogen-bond acceptors (Lipinski definition) is 4. The number of likely N-dealkylation sites (tertiary alicyclic amines) is 1. The zero-order valence-electron chi connectivity index (χ0n) is 9.68. The number of aromatic amines is 1. The molecule has 1 N–H and O–H groups in total. The van der Waals surface area contributed by atoms with Crippen LogP contribution in [0.25, 0.3) is 0 Å². The van der Waals surface area contributed by atoms with E-state index < -0.39 is 0 Å². The van der Waals surface area contributed by atoms with Crippen LogP contribution in [0.1, 0.15) is 19.0 Å². The molecule has 1 aromatic heterocycles. The maximum Gasteiger partial charge on any atom is 0.223 e. The zero-order valence-corrected chi connectivity index (χ0v) is 10.5. The molecule has 1 unspecified atom stereocenters. The fourth-order valence-corrected chi connectivity index (χ4v) is 2.89. The molecule has 1 aromatic rings. The largest absolute Gasteiger partial charge is 0.341 e. The van der Waals surface area contributed by atoms with Crippen LogP contribution in [0, 0.1) is 0 Å². The molecule has 1 fully saturated rings. The van der Waals surface area contributed by atoms with Gasteiger partial charge in [0.25, 0.3) is 0 Å². The fourth-order valence-electron chi connectivity index (χ4n) is 1.95. The van der Waals surface area contributed by atoms with Gasteiger partial charge >= 0.3 is 0 Å². The summed E-state index contributed by atoms with van der Waals surface area (Å²) >= 11 is 1.27. The third kappa shape index (κ3) is 3.33. The van der Waals surface area contributed by atoms with Crippen LogP contribution in [0.2, 0.25) is 0 Å². The van der Waals surface area contributed by atoms with Crippen molar-refractivity contribution in [1.82, 2.24) is 15.1 Å². The summed E-state index contributed by atoms with van der Waals surface area (Å²) < 4.78 is 0. The van der Waals surface area contributed by atoms with E-state index in [2.05, 4.69) is 10.2 Å². The van der Waals surface area contributed by atoms with Crippen molar-refractivity contribution >= 4 is 22.8 Å². The van der Waals surface area contributed by atoms with Gasteiger partial charge < -0.3 is 4.90 Å². The van der Waals surface area contributed by atoms with Crippen molar-refractivity contribution in [3.63, 3.8) is 0 Å². The Hall–Kier alpha value is -1.30. The van der Waals surface area contributed by atoms with Gasteiger partial charge in [-0.05, 0) is 6.07 Å². The molecule has 17 heavy (non-hydrogen) atoms. The van der Waals surface area contributed by atoms with E-state index in [1.54, 1.807) is 13.1 Å². The minimum absolute atomic E-state index is 0.0817. The maximum absolute atomic E-state index is 11.7. The van der Waals surface area contributed by atoms with Crippen molar-refractivity contribution < 1.29 is 9.59 Å². The Morgan fingerprint density at radius 3 is 3.18 bits per heavy atom. The zero-order chi connectivity index (χ0) is 12.3. The predicted molar refractivity (Wildman–Crippen MR) is 65.5 cm³/mol. The summed E-state index contributed by atoms with van der Waals surface area (Å²) in [4.78, 5) is 24.5. The second-order valence-corrected chi connectivity index (χ2v) is 5.58. The maximum atomic E-state index is 11.7. The molecule has 0 saturated carbocycles. The predicted octanol–water partition coefficient (Wildman–Crippen LogP) is 0.833. The smallest absolute Gasteiger partial charge is 0.223 e. The van der Waals surface area contributed by atoms with Crippen LogP contribution in [0.3, 0.4) is 0 Å². The van der Waals surface area contributed by atoms with Gasteiger partial charge in [-0.15, -0.1) is 0 Å². The lowest BCUT2D eigenvalue weighted by molar-refractivity contribution is -0.127. The highest BCUT2D eigenvalue weighted by Gasteiger charge is 2.30. The number of carbonyl (C=O) groups excluding carboxylic acids is 2. The summed E-state index contributed by atoms with van der Waals surface area (Å²) in [5.74, 6) is 0.142. The van der Waals surface area contributed by atoms with Gasteiger partial charge in [0.15, 0.2) is 5.12 Å². The first kappa shape index (κ1) is 12.2. The Bertz CT molecular complexity index is 405. The molecule has 6 heteroatoms. The number of nitrogens with zero attached hydrogens (tertiary/aromatic N) is 2. The Morgan fingerprint density at radius 2 is 2.53 bits per heavy atom. The Kier molecular flexibility index (Phi) is 3.83. The number of hydrogen-bond donors (Lipinski definition) is 1. The molecule has 1 aliphatic heterocycles. The van der Waals surface area contributed by atoms with Crippen LogP contribution in [-0.2, 0) is 16.0 Å². The van der Waals surface area contributed by atoms with Gasteiger partial charge in [0.2, 0.25) is 5.91 Å². The van der Waals surface area contributed by atoms with Gasteiger partial charge in [-0.25, -0.2) is 0 Å². The summed E-state index contributed by atoms with van der Waals surface area (Å²) in [7, 11) is 0. The molecule has 1 amide bonds. The number of amides is 1. The molecule has 1 saturated heterocycles. The summed E-state index contributed by atoms with van der Waals surface area (Å²) in [6.45, 7) is 2.91. The van der Waals surface area contributed by atoms with Crippen molar-refractivity contribution in [3.8, 4) is 0 Å². The van der Waals surface area contributed by atoms with Crippen molar-refractivity contribution in [3.05, 3.63) is 18.0 Å². The van der Waals surface area contributed by atoms with Crippen molar-refractivity contribution in [1.29, 1.82) is 0 Å². The van der Waals surface area contributed by atoms with E-state index in [0.717, 1.165) is 12.1 Å². The molecule has 2 rings (SSSR count). The highest BCUT2D eigenvalue weighted by Crippen LogP contribution is 2.24. The van der Waals surface area contributed by atoms with Gasteiger partial charge in [-0.1, -0.05) is 11.8 Å². The van der Waals surface area contributed by atoms with E-state index >= 15 is 0 Å². The minimum Gasteiger partial charge on any atom is -0.341 e. The lowest BCUT2D eigenvalue weighted by Gasteiger charge is -2.15. The van der Waals surface area contributed by atoms with Gasteiger partial charge in [-0.3, -0.25) is 14.7 Å². The first-order valence-corrected chi connectivity index (χ1v) is 6.46. The Balaban J connectivity index is 1.82. The lowest BCUT2D eigenvalue weighted by Crippen LogP contribution is -2.28. The molecule has 0 aliphatic carbocycles. The second kappa shape index (κ2) is 5.35. The van der Waals surface area contributed by atoms with Gasteiger partial charge in [-0.2, -0.15) is 5.10 Å². The van der Waals surface area contributed by atoms with E-state index in [0.29, 0.717) is 19.5 Å². The number of thioether (sulfide) groups is 1. The molecule has 2 heterocycles. The lowest BCUT2D eigenvalue weighted by atomic mass is 10.3.